The fourth-order valence-corrected chi connectivity index (χ4v) is 9.49. The molecule has 0 bridgehead atoms. The summed E-state index contributed by atoms with van der Waals surface area (Å²) in [6.45, 7) is 6.77. The number of benzene rings is 7. The van der Waals surface area contributed by atoms with Crippen molar-refractivity contribution in [1.82, 2.24) is 18.7 Å². The zero-order valence-corrected chi connectivity index (χ0v) is 33.3. The van der Waals surface area contributed by atoms with E-state index in [-0.39, 0.29) is 5.41 Å². The van der Waals surface area contributed by atoms with E-state index in [4.69, 9.17) is 9.72 Å². The van der Waals surface area contributed by atoms with Crippen LogP contribution in [0.15, 0.2) is 170 Å². The lowest BCUT2D eigenvalue weighted by molar-refractivity contribution is -0.645. The van der Waals surface area contributed by atoms with Gasteiger partial charge in [0.25, 0.3) is 0 Å². The molecule has 0 saturated carbocycles. The van der Waals surface area contributed by atoms with Gasteiger partial charge in [-0.1, -0.05) is 99.6 Å². The van der Waals surface area contributed by atoms with E-state index in [1.807, 2.05) is 12.3 Å². The molecule has 7 aromatic carbocycles. The SMILES string of the molecule is C[n+]1cn(-c2cccc(Oc3ccc4c5cc6c(cc5n(-c5cc(C(C)(C)C)ccn5)c4c3)-c3ccccc3-c3cccc4c5ccccc5n-6c34)c2)c2ccccc21. The zero-order chi connectivity index (χ0) is 39.6. The molecular weight excluding hydrogens is 723 g/mol. The van der Waals surface area contributed by atoms with E-state index < -0.39 is 0 Å². The van der Waals surface area contributed by atoms with Gasteiger partial charge in [-0.3, -0.25) is 4.57 Å². The Morgan fingerprint density at radius 3 is 2.08 bits per heavy atom. The van der Waals surface area contributed by atoms with Crippen LogP contribution in [0.2, 0.25) is 0 Å². The zero-order valence-electron chi connectivity index (χ0n) is 33.3. The van der Waals surface area contributed by atoms with E-state index in [2.05, 4.69) is 204 Å². The first-order valence-corrected chi connectivity index (χ1v) is 20.3. The normalized spacial score (nSPS) is 12.4. The second-order valence-corrected chi connectivity index (χ2v) is 16.8. The predicted octanol–water partition coefficient (Wildman–Crippen LogP) is 12.8. The molecule has 11 aromatic rings. The second-order valence-electron chi connectivity index (χ2n) is 16.8. The summed E-state index contributed by atoms with van der Waals surface area (Å²) in [6, 6.07) is 56.8. The fourth-order valence-electron chi connectivity index (χ4n) is 9.49. The van der Waals surface area contributed by atoms with Crippen molar-refractivity contribution in [2.75, 3.05) is 0 Å². The molecule has 6 heteroatoms. The van der Waals surface area contributed by atoms with Crippen molar-refractivity contribution in [3.63, 3.8) is 0 Å². The summed E-state index contributed by atoms with van der Waals surface area (Å²) in [5.74, 6) is 2.40. The van der Waals surface area contributed by atoms with Gasteiger partial charge in [0.2, 0.25) is 6.33 Å². The molecule has 5 heterocycles. The van der Waals surface area contributed by atoms with Gasteiger partial charge in [0.15, 0.2) is 11.0 Å². The molecule has 0 radical (unpaired) electrons. The lowest BCUT2D eigenvalue weighted by Gasteiger charge is -2.20. The van der Waals surface area contributed by atoms with Crippen molar-refractivity contribution in [3.05, 3.63) is 176 Å². The second kappa shape index (κ2) is 12.3. The third kappa shape index (κ3) is 4.99. The molecular formula is C53H40N5O+. The van der Waals surface area contributed by atoms with Crippen LogP contribution in [-0.4, -0.2) is 18.7 Å². The third-order valence-electron chi connectivity index (χ3n) is 12.3. The average molecular weight is 763 g/mol. The van der Waals surface area contributed by atoms with Gasteiger partial charge in [-0.15, -0.1) is 0 Å². The molecule has 0 N–H and O–H groups in total. The summed E-state index contributed by atoms with van der Waals surface area (Å²) in [5.41, 5.74) is 15.1. The van der Waals surface area contributed by atoms with E-state index in [1.54, 1.807) is 0 Å². The standard InChI is InChI=1S/C53H40N5O/c1-53(2,3)33-25-26-54-51(27-33)57-48-29-36(59-35-14-11-13-34(28-35)56-32-55(4)46-21-9-10-22-47(46)56)23-24-40(48)44-31-50-43(30-49(44)57)38-16-6-5-15-37(38)41-18-12-19-42-39-17-7-8-20-45(39)58(50)52(41)42/h5-32H,1-4H3/q+1. The minimum atomic E-state index is -0.0551. The van der Waals surface area contributed by atoms with Gasteiger partial charge in [-0.05, 0) is 88.8 Å². The van der Waals surface area contributed by atoms with Crippen molar-refractivity contribution < 1.29 is 9.30 Å². The van der Waals surface area contributed by atoms with Gasteiger partial charge in [0, 0.05) is 51.0 Å². The Kier molecular flexibility index (Phi) is 7.01. The predicted molar refractivity (Wildman–Crippen MR) is 241 cm³/mol. The minimum absolute atomic E-state index is 0.0551. The molecule has 0 unspecified atom stereocenters. The molecule has 0 saturated heterocycles. The van der Waals surface area contributed by atoms with Crippen LogP contribution in [0.5, 0.6) is 11.5 Å². The lowest BCUT2D eigenvalue weighted by Crippen LogP contribution is -2.25. The van der Waals surface area contributed by atoms with Gasteiger partial charge in [-0.25, -0.2) is 9.55 Å². The molecule has 0 atom stereocenters. The Hall–Kier alpha value is -7.44. The van der Waals surface area contributed by atoms with Crippen LogP contribution in [-0.2, 0) is 12.5 Å². The lowest BCUT2D eigenvalue weighted by atomic mass is 9.88. The maximum Gasteiger partial charge on any atom is 0.249 e. The molecule has 12 rings (SSSR count). The van der Waals surface area contributed by atoms with Gasteiger partial charge < -0.3 is 9.30 Å². The summed E-state index contributed by atoms with van der Waals surface area (Å²) in [6.07, 6.45) is 4.07. The van der Waals surface area contributed by atoms with Crippen LogP contribution in [0.25, 0.3) is 94.1 Å². The van der Waals surface area contributed by atoms with Crippen molar-refractivity contribution in [3.8, 4) is 50.9 Å². The molecule has 0 spiro atoms. The maximum absolute atomic E-state index is 6.75. The highest BCUT2D eigenvalue weighted by Crippen LogP contribution is 2.49. The number of ether oxygens (including phenoxy) is 1. The number of aromatic nitrogens is 5. The highest BCUT2D eigenvalue weighted by atomic mass is 16.5. The molecule has 1 aliphatic rings. The Balaban J connectivity index is 1.11. The van der Waals surface area contributed by atoms with Gasteiger partial charge >= 0.3 is 0 Å². The number of nitrogens with zero attached hydrogens (tertiary/aromatic N) is 5. The topological polar surface area (TPSA) is 40.8 Å². The van der Waals surface area contributed by atoms with Crippen LogP contribution in [0, 0.1) is 0 Å². The molecule has 4 aromatic heterocycles. The molecule has 282 valence electrons. The minimum Gasteiger partial charge on any atom is -0.457 e. The first kappa shape index (κ1) is 33.7. The van der Waals surface area contributed by atoms with Crippen LogP contribution in [0.3, 0.4) is 0 Å². The number of imidazole rings is 1. The molecule has 59 heavy (non-hydrogen) atoms. The largest absolute Gasteiger partial charge is 0.457 e. The molecule has 0 amide bonds. The third-order valence-corrected chi connectivity index (χ3v) is 12.3. The number of hydrogen-bond acceptors (Lipinski definition) is 2. The van der Waals surface area contributed by atoms with Crippen LogP contribution in [0.4, 0.5) is 0 Å². The van der Waals surface area contributed by atoms with E-state index >= 15 is 0 Å². The summed E-state index contributed by atoms with van der Waals surface area (Å²) < 4.78 is 15.9. The van der Waals surface area contributed by atoms with Gasteiger partial charge in [0.05, 0.1) is 34.8 Å². The number of fused-ring (bicyclic) bond motifs is 12. The summed E-state index contributed by atoms with van der Waals surface area (Å²) in [4.78, 5) is 5.06. The Bertz CT molecular complexity index is 3540. The Morgan fingerprint density at radius 1 is 0.525 bits per heavy atom. The van der Waals surface area contributed by atoms with E-state index in [0.29, 0.717) is 0 Å². The molecule has 1 aliphatic heterocycles. The monoisotopic (exact) mass is 762 g/mol. The van der Waals surface area contributed by atoms with Crippen molar-refractivity contribution in [1.29, 1.82) is 0 Å². The highest BCUT2D eigenvalue weighted by molar-refractivity contribution is 6.18. The Labute approximate surface area is 341 Å². The van der Waals surface area contributed by atoms with Crippen LogP contribution >= 0.6 is 0 Å². The van der Waals surface area contributed by atoms with Crippen LogP contribution in [0.1, 0.15) is 26.3 Å². The van der Waals surface area contributed by atoms with Gasteiger partial charge in [0.1, 0.15) is 23.0 Å². The summed E-state index contributed by atoms with van der Waals surface area (Å²) in [5, 5.41) is 4.81. The number of aryl methyl sites for hydroxylation is 1. The maximum atomic E-state index is 6.75. The Morgan fingerprint density at radius 2 is 1.22 bits per heavy atom. The average Bonchev–Trinajstić information content (AvgIpc) is 3.86. The van der Waals surface area contributed by atoms with Gasteiger partial charge in [-0.2, -0.15) is 4.57 Å². The smallest absolute Gasteiger partial charge is 0.249 e. The number of hydrogen-bond donors (Lipinski definition) is 0. The number of para-hydroxylation sites is 4. The number of rotatable bonds is 4. The molecule has 0 aliphatic carbocycles. The van der Waals surface area contributed by atoms with Crippen LogP contribution < -0.4 is 9.30 Å². The molecule has 0 fully saturated rings. The number of pyridine rings is 1. The fraction of sp³-hybridized carbons (Fsp3) is 0.0943. The van der Waals surface area contributed by atoms with E-state index in [9.17, 15) is 0 Å². The first-order chi connectivity index (χ1) is 28.8. The summed E-state index contributed by atoms with van der Waals surface area (Å²) >= 11 is 0. The van der Waals surface area contributed by atoms with Crippen molar-refractivity contribution in [2.24, 2.45) is 7.05 Å². The van der Waals surface area contributed by atoms with Crippen molar-refractivity contribution in [2.45, 2.75) is 26.2 Å². The van der Waals surface area contributed by atoms with E-state index in [1.165, 1.54) is 60.8 Å². The summed E-state index contributed by atoms with van der Waals surface area (Å²) in [7, 11) is 2.08. The first-order valence-electron chi connectivity index (χ1n) is 20.3. The quantitative estimate of drug-likeness (QED) is 0.168. The van der Waals surface area contributed by atoms with Crippen molar-refractivity contribution >= 4 is 54.6 Å². The highest BCUT2D eigenvalue weighted by Gasteiger charge is 2.27. The van der Waals surface area contributed by atoms with E-state index in [0.717, 1.165) is 50.3 Å². The molecule has 6 nitrogen and oxygen atoms in total.